The smallest absolute Gasteiger partial charge is 0.148 e. The highest BCUT2D eigenvalue weighted by Crippen LogP contribution is 2.51. The molecule has 0 radical (unpaired) electrons. The van der Waals surface area contributed by atoms with Gasteiger partial charge >= 0.3 is 0 Å². The summed E-state index contributed by atoms with van der Waals surface area (Å²) in [6.45, 7) is 7.67. The van der Waals surface area contributed by atoms with Crippen molar-refractivity contribution in [2.45, 2.75) is 57.7 Å². The van der Waals surface area contributed by atoms with Crippen molar-refractivity contribution in [2.24, 2.45) is 7.05 Å². The number of halogens is 1. The summed E-state index contributed by atoms with van der Waals surface area (Å²) in [7, 11) is 3.80. The molecule has 0 saturated heterocycles. The molecule has 0 spiro atoms. The van der Waals surface area contributed by atoms with Crippen LogP contribution in [0.15, 0.2) is 24.4 Å². The van der Waals surface area contributed by atoms with E-state index in [-0.39, 0.29) is 23.2 Å². The van der Waals surface area contributed by atoms with Crippen molar-refractivity contribution in [1.29, 1.82) is 5.26 Å². The topological polar surface area (TPSA) is 82.7 Å². The quantitative estimate of drug-likeness (QED) is 0.601. The van der Waals surface area contributed by atoms with Crippen LogP contribution in [0.1, 0.15) is 67.2 Å². The summed E-state index contributed by atoms with van der Waals surface area (Å²) in [6, 6.07) is 7.39. The van der Waals surface area contributed by atoms with Crippen LogP contribution in [0.25, 0.3) is 11.3 Å². The molecule has 2 aliphatic rings. The van der Waals surface area contributed by atoms with E-state index in [0.29, 0.717) is 24.5 Å². The number of nitriles is 1. The number of anilines is 1. The number of nitrogens with zero attached hydrogens (tertiary/aromatic N) is 6. The lowest BCUT2D eigenvalue weighted by Crippen LogP contribution is -2.38. The summed E-state index contributed by atoms with van der Waals surface area (Å²) in [5.74, 6) is 0.526. The summed E-state index contributed by atoms with van der Waals surface area (Å²) in [6.07, 6.45) is 2.59. The van der Waals surface area contributed by atoms with Crippen LogP contribution in [0.3, 0.4) is 0 Å². The number of aromatic nitrogens is 4. The van der Waals surface area contributed by atoms with Crippen LogP contribution in [0, 0.1) is 17.1 Å². The van der Waals surface area contributed by atoms with Crippen LogP contribution in [-0.2, 0) is 20.1 Å². The van der Waals surface area contributed by atoms with E-state index in [1.54, 1.807) is 24.0 Å². The first-order chi connectivity index (χ1) is 15.8. The molecule has 0 saturated carbocycles. The highest BCUT2D eigenvalue weighted by molar-refractivity contribution is 5.70. The van der Waals surface area contributed by atoms with Gasteiger partial charge in [0, 0.05) is 31.6 Å². The molecule has 1 aromatic carbocycles. The molecule has 5 rings (SSSR count). The fourth-order valence-corrected chi connectivity index (χ4v) is 5.59. The number of rotatable bonds is 1. The lowest BCUT2D eigenvalue weighted by Gasteiger charge is -2.36. The molecule has 33 heavy (non-hydrogen) atoms. The number of nitrogens with one attached hydrogen (secondary N) is 1. The molecular weight excluding hydrogens is 417 g/mol. The van der Waals surface area contributed by atoms with Gasteiger partial charge in [-0.2, -0.15) is 10.4 Å². The second kappa shape index (κ2) is 7.63. The van der Waals surface area contributed by atoms with Gasteiger partial charge in [0.05, 0.1) is 28.8 Å². The Balaban J connectivity index is 1.80. The molecular formula is C25H28FN7. The van der Waals surface area contributed by atoms with Gasteiger partial charge in [-0.25, -0.2) is 14.4 Å². The predicted molar refractivity (Wildman–Crippen MR) is 124 cm³/mol. The van der Waals surface area contributed by atoms with E-state index in [0.717, 1.165) is 40.3 Å². The van der Waals surface area contributed by atoms with Gasteiger partial charge in [0.25, 0.3) is 0 Å². The molecule has 2 aromatic heterocycles. The molecule has 0 aliphatic carbocycles. The minimum absolute atomic E-state index is 0.00980. The van der Waals surface area contributed by atoms with Crippen LogP contribution in [0.4, 0.5) is 10.2 Å². The van der Waals surface area contributed by atoms with E-state index >= 15 is 0 Å². The third-order valence-corrected chi connectivity index (χ3v) is 7.36. The van der Waals surface area contributed by atoms with Gasteiger partial charge in [0.15, 0.2) is 0 Å². The molecule has 1 N–H and O–H groups in total. The van der Waals surface area contributed by atoms with E-state index in [1.165, 1.54) is 6.07 Å². The van der Waals surface area contributed by atoms with Gasteiger partial charge in [-0.05, 0) is 49.6 Å². The van der Waals surface area contributed by atoms with Crippen LogP contribution < -0.4 is 5.32 Å². The van der Waals surface area contributed by atoms with Crippen LogP contribution in [0.2, 0.25) is 0 Å². The molecule has 2 aliphatic heterocycles. The maximum absolute atomic E-state index is 14.4. The maximum Gasteiger partial charge on any atom is 0.148 e. The van der Waals surface area contributed by atoms with E-state index in [1.807, 2.05) is 13.1 Å². The van der Waals surface area contributed by atoms with Gasteiger partial charge in [-0.15, -0.1) is 0 Å². The Morgan fingerprint density at radius 3 is 2.82 bits per heavy atom. The van der Waals surface area contributed by atoms with E-state index in [4.69, 9.17) is 9.97 Å². The van der Waals surface area contributed by atoms with Crippen LogP contribution >= 0.6 is 0 Å². The van der Waals surface area contributed by atoms with Crippen molar-refractivity contribution in [3.8, 4) is 17.3 Å². The zero-order valence-corrected chi connectivity index (χ0v) is 19.6. The van der Waals surface area contributed by atoms with E-state index in [9.17, 15) is 9.65 Å². The van der Waals surface area contributed by atoms with Crippen molar-refractivity contribution >= 4 is 5.82 Å². The molecule has 2 bridgehead atoms. The summed E-state index contributed by atoms with van der Waals surface area (Å²) in [5.41, 5.74) is 5.31. The third kappa shape index (κ3) is 3.30. The van der Waals surface area contributed by atoms with Crippen LogP contribution in [0.5, 0.6) is 0 Å². The average molecular weight is 446 g/mol. The molecule has 3 unspecified atom stereocenters. The minimum Gasteiger partial charge on any atom is -0.363 e. The molecule has 0 fully saturated rings. The third-order valence-electron chi connectivity index (χ3n) is 7.36. The Bertz CT molecular complexity index is 1290. The maximum atomic E-state index is 14.4. The van der Waals surface area contributed by atoms with Gasteiger partial charge in [0.1, 0.15) is 23.4 Å². The summed E-state index contributed by atoms with van der Waals surface area (Å²) in [5, 5.41) is 18.1. The molecule has 4 heterocycles. The van der Waals surface area contributed by atoms with Crippen molar-refractivity contribution in [3.63, 3.8) is 0 Å². The first-order valence-electron chi connectivity index (χ1n) is 11.3. The molecule has 170 valence electrons. The number of hydrogen-bond acceptors (Lipinski definition) is 6. The Labute approximate surface area is 193 Å². The predicted octanol–water partition coefficient (Wildman–Crippen LogP) is 4.31. The number of aryl methyl sites for hydroxylation is 1. The van der Waals surface area contributed by atoms with Crippen molar-refractivity contribution in [1.82, 2.24) is 24.6 Å². The standard InChI is InChI=1S/C25H28FN7/c1-6-25(3)22-14(2)17-9-16(26)8-7-15(17)12-32(4)13-19-21(20(10-27)33(5)31-19)18-11-28-24(30-25)23(22)29-18/h7-9,11,14,22H,6,12-13H2,1-5H3,(H,28,30). The number of hydrogen-bond donors (Lipinski definition) is 1. The Hall–Kier alpha value is -3.31. The second-order valence-electron chi connectivity index (χ2n) is 9.57. The van der Waals surface area contributed by atoms with E-state index in [2.05, 4.69) is 42.2 Å². The normalized spacial score (nSPS) is 24.2. The second-order valence-corrected chi connectivity index (χ2v) is 9.57. The monoisotopic (exact) mass is 445 g/mol. The van der Waals surface area contributed by atoms with Gasteiger partial charge < -0.3 is 5.32 Å². The fraction of sp³-hybridized carbons (Fsp3) is 0.440. The first-order valence-corrected chi connectivity index (χ1v) is 11.3. The van der Waals surface area contributed by atoms with Crippen molar-refractivity contribution < 1.29 is 4.39 Å². The Kier molecular flexibility index (Phi) is 4.98. The summed E-state index contributed by atoms with van der Waals surface area (Å²) < 4.78 is 16.1. The average Bonchev–Trinajstić information content (AvgIpc) is 3.25. The summed E-state index contributed by atoms with van der Waals surface area (Å²) >= 11 is 0. The van der Waals surface area contributed by atoms with Gasteiger partial charge in [-0.3, -0.25) is 9.58 Å². The van der Waals surface area contributed by atoms with Crippen LogP contribution in [-0.4, -0.2) is 37.2 Å². The van der Waals surface area contributed by atoms with Gasteiger partial charge in [0.2, 0.25) is 0 Å². The van der Waals surface area contributed by atoms with E-state index < -0.39 is 0 Å². The SMILES string of the molecule is CCC1(C)Nc2ncc3nc2C1C(C)c1cc(F)ccc1CN(C)Cc1nn(C)c(C#N)c1-3. The van der Waals surface area contributed by atoms with Crippen molar-refractivity contribution in [2.75, 3.05) is 12.4 Å². The lowest BCUT2D eigenvalue weighted by atomic mass is 9.73. The Morgan fingerprint density at radius 1 is 1.30 bits per heavy atom. The molecule has 3 atom stereocenters. The number of fused-ring (bicyclic) bond motifs is 4. The number of benzene rings is 1. The zero-order chi connectivity index (χ0) is 23.5. The molecule has 7 nitrogen and oxygen atoms in total. The zero-order valence-electron chi connectivity index (χ0n) is 19.6. The largest absolute Gasteiger partial charge is 0.363 e. The lowest BCUT2D eigenvalue weighted by molar-refractivity contribution is 0.309. The molecule has 3 aromatic rings. The molecule has 8 heteroatoms. The first kappa shape index (κ1) is 21.5. The molecule has 0 amide bonds. The Morgan fingerprint density at radius 2 is 2.09 bits per heavy atom. The minimum atomic E-state index is -0.282. The fourth-order valence-electron chi connectivity index (χ4n) is 5.59. The van der Waals surface area contributed by atoms with Crippen molar-refractivity contribution in [3.05, 3.63) is 58.4 Å². The van der Waals surface area contributed by atoms with Gasteiger partial charge in [-0.1, -0.05) is 19.9 Å². The summed E-state index contributed by atoms with van der Waals surface area (Å²) in [4.78, 5) is 12.0. The highest BCUT2D eigenvalue weighted by Gasteiger charge is 2.47. The highest BCUT2D eigenvalue weighted by atomic mass is 19.1.